The van der Waals surface area contributed by atoms with Crippen LogP contribution >= 0.6 is 0 Å². The summed E-state index contributed by atoms with van der Waals surface area (Å²) in [6.45, 7) is 0. The van der Waals surface area contributed by atoms with Crippen molar-refractivity contribution in [1.82, 2.24) is 0 Å². The van der Waals surface area contributed by atoms with Gasteiger partial charge in [0, 0.05) is 5.56 Å². The number of benzene rings is 1. The maximum absolute atomic E-state index is 10.8. The van der Waals surface area contributed by atoms with E-state index < -0.39 is 0 Å². The second kappa shape index (κ2) is 5.13. The Morgan fingerprint density at radius 3 is 2.72 bits per heavy atom. The molecule has 1 heterocycles. The second-order valence-electron chi connectivity index (χ2n) is 5.58. The summed E-state index contributed by atoms with van der Waals surface area (Å²) >= 11 is 0. The molecule has 1 aliphatic heterocycles. The average Bonchev–Trinajstić information content (AvgIpc) is 2.47. The third-order valence-electron chi connectivity index (χ3n) is 4.37. The molecule has 2 heteroatoms. The van der Waals surface area contributed by atoms with E-state index in [4.69, 9.17) is 4.74 Å². The first kappa shape index (κ1) is 11.8. The average molecular weight is 244 g/mol. The Hall–Kier alpha value is -1.31. The zero-order valence-corrected chi connectivity index (χ0v) is 10.7. The molecule has 0 bridgehead atoms. The van der Waals surface area contributed by atoms with Crippen LogP contribution in [0.15, 0.2) is 18.2 Å². The van der Waals surface area contributed by atoms with Gasteiger partial charge in [0.1, 0.15) is 18.1 Å². The van der Waals surface area contributed by atoms with Crippen molar-refractivity contribution >= 4 is 6.29 Å². The molecular weight excluding hydrogens is 224 g/mol. The summed E-state index contributed by atoms with van der Waals surface area (Å²) in [6, 6.07) is 5.79. The molecule has 18 heavy (non-hydrogen) atoms. The summed E-state index contributed by atoms with van der Waals surface area (Å²) in [7, 11) is 0. The predicted molar refractivity (Wildman–Crippen MR) is 71.1 cm³/mol. The lowest BCUT2D eigenvalue weighted by molar-refractivity contribution is 0.0879. The maximum Gasteiger partial charge on any atom is 0.150 e. The molecule has 3 rings (SSSR count). The van der Waals surface area contributed by atoms with Crippen molar-refractivity contribution in [3.63, 3.8) is 0 Å². The van der Waals surface area contributed by atoms with Crippen LogP contribution in [0.25, 0.3) is 0 Å². The highest BCUT2D eigenvalue weighted by molar-refractivity contribution is 5.75. The SMILES string of the molecule is O=Cc1ccc2c(c1)CCC(C1CCCCC1)O2. The number of carbonyl (C=O) groups excluding carboxylic acids is 1. The molecule has 0 amide bonds. The van der Waals surface area contributed by atoms with E-state index in [-0.39, 0.29) is 0 Å². The number of aryl methyl sites for hydroxylation is 1. The largest absolute Gasteiger partial charge is 0.490 e. The lowest BCUT2D eigenvalue weighted by Crippen LogP contribution is -2.32. The summed E-state index contributed by atoms with van der Waals surface area (Å²) < 4.78 is 6.15. The molecule has 96 valence electrons. The van der Waals surface area contributed by atoms with Gasteiger partial charge < -0.3 is 4.74 Å². The van der Waals surface area contributed by atoms with Crippen LogP contribution in [0.5, 0.6) is 5.75 Å². The summed E-state index contributed by atoms with van der Waals surface area (Å²) in [5, 5.41) is 0. The van der Waals surface area contributed by atoms with E-state index in [0.717, 1.165) is 36.4 Å². The minimum atomic E-state index is 0.403. The van der Waals surface area contributed by atoms with E-state index in [9.17, 15) is 4.79 Å². The van der Waals surface area contributed by atoms with Gasteiger partial charge in [-0.05, 0) is 55.4 Å². The van der Waals surface area contributed by atoms with Gasteiger partial charge in [0.05, 0.1) is 0 Å². The molecule has 0 radical (unpaired) electrons. The Kier molecular flexibility index (Phi) is 3.35. The number of carbonyl (C=O) groups is 1. The van der Waals surface area contributed by atoms with Crippen LogP contribution in [-0.4, -0.2) is 12.4 Å². The van der Waals surface area contributed by atoms with Gasteiger partial charge in [-0.1, -0.05) is 19.3 Å². The minimum absolute atomic E-state index is 0.403. The van der Waals surface area contributed by atoms with Gasteiger partial charge in [0.15, 0.2) is 0 Å². The van der Waals surface area contributed by atoms with Crippen LogP contribution in [0.1, 0.15) is 54.4 Å². The molecule has 0 saturated heterocycles. The quantitative estimate of drug-likeness (QED) is 0.740. The number of aldehydes is 1. The van der Waals surface area contributed by atoms with Crippen molar-refractivity contribution in [2.24, 2.45) is 5.92 Å². The first-order valence-electron chi connectivity index (χ1n) is 7.11. The van der Waals surface area contributed by atoms with E-state index in [2.05, 4.69) is 0 Å². The third kappa shape index (κ3) is 2.29. The number of fused-ring (bicyclic) bond motifs is 1. The van der Waals surface area contributed by atoms with Gasteiger partial charge in [-0.2, -0.15) is 0 Å². The van der Waals surface area contributed by atoms with Crippen LogP contribution in [0.4, 0.5) is 0 Å². The molecule has 0 aromatic heterocycles. The van der Waals surface area contributed by atoms with Crippen LogP contribution in [0.3, 0.4) is 0 Å². The third-order valence-corrected chi connectivity index (χ3v) is 4.37. The van der Waals surface area contributed by atoms with E-state index >= 15 is 0 Å². The molecule has 2 nitrogen and oxygen atoms in total. The Labute approximate surface area is 108 Å². The van der Waals surface area contributed by atoms with Crippen molar-refractivity contribution in [3.05, 3.63) is 29.3 Å². The molecule has 1 fully saturated rings. The maximum atomic E-state index is 10.8. The fraction of sp³-hybridized carbons (Fsp3) is 0.562. The molecule has 2 aliphatic rings. The summed E-state index contributed by atoms with van der Waals surface area (Å²) in [4.78, 5) is 10.8. The normalized spacial score (nSPS) is 24.1. The Balaban J connectivity index is 1.74. The summed E-state index contributed by atoms with van der Waals surface area (Å²) in [5.41, 5.74) is 1.96. The van der Waals surface area contributed by atoms with E-state index in [1.54, 1.807) is 0 Å². The fourth-order valence-electron chi connectivity index (χ4n) is 3.34. The van der Waals surface area contributed by atoms with Crippen molar-refractivity contribution in [2.75, 3.05) is 0 Å². The molecule has 1 aromatic carbocycles. The van der Waals surface area contributed by atoms with Gasteiger partial charge in [-0.25, -0.2) is 0 Å². The van der Waals surface area contributed by atoms with Gasteiger partial charge in [0.2, 0.25) is 0 Å². The van der Waals surface area contributed by atoms with Crippen LogP contribution in [0.2, 0.25) is 0 Å². The summed E-state index contributed by atoms with van der Waals surface area (Å²) in [6.07, 6.45) is 10.2. The molecule has 1 unspecified atom stereocenters. The standard InChI is InChI=1S/C16H20O2/c17-11-12-6-8-16-14(10-12)7-9-15(18-16)13-4-2-1-3-5-13/h6,8,10-11,13,15H,1-5,7,9H2. The first-order valence-corrected chi connectivity index (χ1v) is 7.11. The number of hydrogen-bond donors (Lipinski definition) is 0. The van der Waals surface area contributed by atoms with E-state index in [1.165, 1.54) is 37.7 Å². The van der Waals surface area contributed by atoms with Crippen molar-refractivity contribution in [3.8, 4) is 5.75 Å². The fourth-order valence-corrected chi connectivity index (χ4v) is 3.34. The van der Waals surface area contributed by atoms with Crippen LogP contribution < -0.4 is 4.74 Å². The van der Waals surface area contributed by atoms with Gasteiger partial charge >= 0.3 is 0 Å². The van der Waals surface area contributed by atoms with Crippen LogP contribution in [-0.2, 0) is 6.42 Å². The summed E-state index contributed by atoms with van der Waals surface area (Å²) in [5.74, 6) is 1.75. The smallest absolute Gasteiger partial charge is 0.150 e. The highest BCUT2D eigenvalue weighted by Crippen LogP contribution is 2.36. The number of rotatable bonds is 2. The Morgan fingerprint density at radius 2 is 1.94 bits per heavy atom. The lowest BCUT2D eigenvalue weighted by Gasteiger charge is -2.34. The molecular formula is C16H20O2. The molecule has 1 atom stereocenters. The van der Waals surface area contributed by atoms with Crippen LogP contribution in [0, 0.1) is 5.92 Å². The second-order valence-corrected chi connectivity index (χ2v) is 5.58. The van der Waals surface area contributed by atoms with Gasteiger partial charge in [-0.15, -0.1) is 0 Å². The topological polar surface area (TPSA) is 26.3 Å². The molecule has 0 N–H and O–H groups in total. The minimum Gasteiger partial charge on any atom is -0.490 e. The molecule has 0 spiro atoms. The first-order chi connectivity index (χ1) is 8.86. The predicted octanol–water partition coefficient (Wildman–Crippen LogP) is 3.77. The van der Waals surface area contributed by atoms with Gasteiger partial charge in [0.25, 0.3) is 0 Å². The Bertz CT molecular complexity index is 433. The van der Waals surface area contributed by atoms with Crippen molar-refractivity contribution in [1.29, 1.82) is 0 Å². The van der Waals surface area contributed by atoms with Crippen molar-refractivity contribution < 1.29 is 9.53 Å². The highest BCUT2D eigenvalue weighted by Gasteiger charge is 2.28. The zero-order valence-electron chi connectivity index (χ0n) is 10.7. The van der Waals surface area contributed by atoms with Gasteiger partial charge in [-0.3, -0.25) is 4.79 Å². The Morgan fingerprint density at radius 1 is 1.11 bits per heavy atom. The van der Waals surface area contributed by atoms with E-state index in [0.29, 0.717) is 6.10 Å². The lowest BCUT2D eigenvalue weighted by atomic mass is 9.82. The van der Waals surface area contributed by atoms with Crippen molar-refractivity contribution in [2.45, 2.75) is 51.0 Å². The molecule has 1 aliphatic carbocycles. The molecule has 1 aromatic rings. The number of ether oxygens (including phenoxy) is 1. The molecule has 1 saturated carbocycles. The highest BCUT2D eigenvalue weighted by atomic mass is 16.5. The zero-order chi connectivity index (χ0) is 12.4. The number of hydrogen-bond acceptors (Lipinski definition) is 2. The van der Waals surface area contributed by atoms with E-state index in [1.807, 2.05) is 18.2 Å². The monoisotopic (exact) mass is 244 g/mol.